The van der Waals surface area contributed by atoms with Gasteiger partial charge in [-0.1, -0.05) is 24.6 Å². The molecule has 1 aromatic rings. The molecule has 6 nitrogen and oxygen atoms in total. The lowest BCUT2D eigenvalue weighted by atomic mass is 10.1. The third kappa shape index (κ3) is 2.46. The Balaban J connectivity index is 2.55. The number of para-hydroxylation sites is 1. The Labute approximate surface area is 120 Å². The van der Waals surface area contributed by atoms with E-state index in [9.17, 15) is 19.5 Å². The lowest BCUT2D eigenvalue weighted by molar-refractivity contribution is -0.132. The van der Waals surface area contributed by atoms with Crippen molar-refractivity contribution in [3.05, 3.63) is 28.8 Å². The summed E-state index contributed by atoms with van der Waals surface area (Å²) in [6.45, 7) is 1.68. The predicted octanol–water partition coefficient (Wildman–Crippen LogP) is 1.28. The van der Waals surface area contributed by atoms with Crippen LogP contribution >= 0.6 is 11.6 Å². The Morgan fingerprint density at radius 3 is 2.80 bits per heavy atom. The minimum absolute atomic E-state index is 0.0292. The van der Waals surface area contributed by atoms with E-state index >= 15 is 0 Å². The molecule has 0 radical (unpaired) electrons. The van der Waals surface area contributed by atoms with Crippen molar-refractivity contribution in [2.45, 2.75) is 19.4 Å². The first-order chi connectivity index (χ1) is 9.45. The Hall–Kier alpha value is -2.08. The first-order valence-corrected chi connectivity index (χ1v) is 6.45. The molecular weight excluding hydrogens is 284 g/mol. The smallest absolute Gasteiger partial charge is 0.337 e. The van der Waals surface area contributed by atoms with Crippen molar-refractivity contribution in [1.82, 2.24) is 5.32 Å². The SMILES string of the molecule is CCC1C(=O)NC(=O)CN1c1c(Cl)cccc1C(=O)O. The van der Waals surface area contributed by atoms with Gasteiger partial charge < -0.3 is 10.0 Å². The van der Waals surface area contributed by atoms with Crippen molar-refractivity contribution in [1.29, 1.82) is 0 Å². The Morgan fingerprint density at radius 2 is 2.20 bits per heavy atom. The number of piperazine rings is 1. The number of aromatic carboxylic acids is 1. The summed E-state index contributed by atoms with van der Waals surface area (Å²) in [6.07, 6.45) is 0.434. The van der Waals surface area contributed by atoms with E-state index in [1.54, 1.807) is 6.92 Å². The summed E-state index contributed by atoms with van der Waals surface area (Å²) in [5.41, 5.74) is 0.176. The number of carboxylic acids is 1. The van der Waals surface area contributed by atoms with E-state index in [2.05, 4.69) is 5.32 Å². The summed E-state index contributed by atoms with van der Waals surface area (Å²) >= 11 is 6.08. The number of anilines is 1. The van der Waals surface area contributed by atoms with E-state index in [0.717, 1.165) is 0 Å². The Bertz CT molecular complexity index is 588. The van der Waals surface area contributed by atoms with Crippen molar-refractivity contribution in [2.24, 2.45) is 0 Å². The first-order valence-electron chi connectivity index (χ1n) is 6.07. The zero-order valence-corrected chi connectivity index (χ0v) is 11.5. The number of carbonyl (C=O) groups is 3. The number of imide groups is 1. The minimum Gasteiger partial charge on any atom is -0.478 e. The van der Waals surface area contributed by atoms with E-state index in [-0.39, 0.29) is 22.8 Å². The number of carboxylic acid groups (broad SMARTS) is 1. The highest BCUT2D eigenvalue weighted by Crippen LogP contribution is 2.32. The summed E-state index contributed by atoms with van der Waals surface area (Å²) < 4.78 is 0. The Kier molecular flexibility index (Phi) is 3.94. The highest BCUT2D eigenvalue weighted by molar-refractivity contribution is 6.34. The second-order valence-corrected chi connectivity index (χ2v) is 4.81. The van der Waals surface area contributed by atoms with Gasteiger partial charge in [-0.2, -0.15) is 0 Å². The van der Waals surface area contributed by atoms with E-state index in [0.29, 0.717) is 6.42 Å². The molecule has 1 saturated heterocycles. The van der Waals surface area contributed by atoms with Crippen molar-refractivity contribution < 1.29 is 19.5 Å². The van der Waals surface area contributed by atoms with Gasteiger partial charge >= 0.3 is 5.97 Å². The molecule has 1 heterocycles. The van der Waals surface area contributed by atoms with Crippen molar-refractivity contribution in [3.8, 4) is 0 Å². The molecule has 20 heavy (non-hydrogen) atoms. The average molecular weight is 297 g/mol. The van der Waals surface area contributed by atoms with Crippen LogP contribution in [0.2, 0.25) is 5.02 Å². The quantitative estimate of drug-likeness (QED) is 0.821. The van der Waals surface area contributed by atoms with Gasteiger partial charge in [-0.3, -0.25) is 14.9 Å². The van der Waals surface area contributed by atoms with Gasteiger partial charge in [-0.05, 0) is 18.6 Å². The lowest BCUT2D eigenvalue weighted by Gasteiger charge is -2.36. The topological polar surface area (TPSA) is 86.7 Å². The summed E-state index contributed by atoms with van der Waals surface area (Å²) in [6, 6.07) is 3.83. The third-order valence-corrected chi connectivity index (χ3v) is 3.45. The van der Waals surface area contributed by atoms with Crippen molar-refractivity contribution >= 4 is 35.1 Å². The molecule has 1 atom stereocenters. The highest BCUT2D eigenvalue weighted by Gasteiger charge is 2.35. The summed E-state index contributed by atoms with van der Waals surface area (Å²) in [5.74, 6) is -2.08. The van der Waals surface area contributed by atoms with Gasteiger partial charge in [0.15, 0.2) is 0 Å². The van der Waals surface area contributed by atoms with Crippen LogP contribution < -0.4 is 10.2 Å². The summed E-state index contributed by atoms with van der Waals surface area (Å²) in [5, 5.41) is 11.7. The van der Waals surface area contributed by atoms with E-state index < -0.39 is 23.8 Å². The molecule has 106 valence electrons. The zero-order valence-electron chi connectivity index (χ0n) is 10.7. The van der Waals surface area contributed by atoms with Crippen molar-refractivity contribution in [3.63, 3.8) is 0 Å². The van der Waals surface area contributed by atoms with Crippen molar-refractivity contribution in [2.75, 3.05) is 11.4 Å². The van der Waals surface area contributed by atoms with Gasteiger partial charge in [0.25, 0.3) is 0 Å². The van der Waals surface area contributed by atoms with Crippen LogP contribution in [0.15, 0.2) is 18.2 Å². The second kappa shape index (κ2) is 5.50. The standard InChI is InChI=1S/C13H13ClN2O4/c1-2-9-12(18)15-10(17)6-16(9)11-7(13(19)20)4-3-5-8(11)14/h3-5,9H,2,6H2,1H3,(H,19,20)(H,15,17,18). The monoisotopic (exact) mass is 296 g/mol. The maximum atomic E-state index is 11.8. The largest absolute Gasteiger partial charge is 0.478 e. The molecule has 2 rings (SSSR count). The predicted molar refractivity (Wildman–Crippen MR) is 73.0 cm³/mol. The van der Waals surface area contributed by atoms with E-state index in [1.807, 2.05) is 0 Å². The zero-order chi connectivity index (χ0) is 14.9. The molecule has 7 heteroatoms. The molecule has 0 aromatic heterocycles. The van der Waals surface area contributed by atoms with Crippen LogP contribution in [0.5, 0.6) is 0 Å². The van der Waals surface area contributed by atoms with Gasteiger partial charge in [0, 0.05) is 0 Å². The Morgan fingerprint density at radius 1 is 1.50 bits per heavy atom. The van der Waals surface area contributed by atoms with Crippen LogP contribution in [0.4, 0.5) is 5.69 Å². The number of benzene rings is 1. The molecule has 1 unspecified atom stereocenters. The van der Waals surface area contributed by atoms with Crippen LogP contribution in [0.25, 0.3) is 0 Å². The molecular formula is C13H13ClN2O4. The molecule has 1 aromatic carbocycles. The van der Waals surface area contributed by atoms with Gasteiger partial charge in [0.1, 0.15) is 6.04 Å². The lowest BCUT2D eigenvalue weighted by Crippen LogP contribution is -2.58. The number of halogens is 1. The minimum atomic E-state index is -1.16. The number of carbonyl (C=O) groups excluding carboxylic acids is 2. The average Bonchev–Trinajstić information content (AvgIpc) is 2.37. The fraction of sp³-hybridized carbons (Fsp3) is 0.308. The van der Waals surface area contributed by atoms with Gasteiger partial charge in [-0.25, -0.2) is 4.79 Å². The molecule has 1 aliphatic rings. The van der Waals surface area contributed by atoms with Crippen LogP contribution in [0.1, 0.15) is 23.7 Å². The van der Waals surface area contributed by atoms with Crippen LogP contribution in [0, 0.1) is 0 Å². The number of rotatable bonds is 3. The fourth-order valence-corrected chi connectivity index (χ4v) is 2.57. The molecule has 2 amide bonds. The van der Waals surface area contributed by atoms with Gasteiger partial charge in [0.05, 0.1) is 22.8 Å². The molecule has 0 saturated carbocycles. The van der Waals surface area contributed by atoms with Gasteiger partial charge in [0.2, 0.25) is 11.8 Å². The van der Waals surface area contributed by atoms with Crippen LogP contribution in [-0.4, -0.2) is 35.5 Å². The molecule has 0 aliphatic carbocycles. The fourth-order valence-electron chi connectivity index (χ4n) is 2.29. The van der Waals surface area contributed by atoms with Crippen LogP contribution in [0.3, 0.4) is 0 Å². The maximum Gasteiger partial charge on any atom is 0.337 e. The number of nitrogens with zero attached hydrogens (tertiary/aromatic N) is 1. The first kappa shape index (κ1) is 14.3. The van der Waals surface area contributed by atoms with Gasteiger partial charge in [-0.15, -0.1) is 0 Å². The molecule has 1 fully saturated rings. The summed E-state index contributed by atoms with van der Waals surface area (Å²) in [7, 11) is 0. The van der Waals surface area contributed by atoms with E-state index in [1.165, 1.54) is 23.1 Å². The normalized spacial score (nSPS) is 18.9. The second-order valence-electron chi connectivity index (χ2n) is 4.41. The molecule has 0 spiro atoms. The van der Waals surface area contributed by atoms with E-state index in [4.69, 9.17) is 11.6 Å². The molecule has 2 N–H and O–H groups in total. The number of nitrogens with one attached hydrogen (secondary N) is 1. The number of amides is 2. The molecule has 1 aliphatic heterocycles. The molecule has 0 bridgehead atoms. The summed E-state index contributed by atoms with van der Waals surface area (Å²) in [4.78, 5) is 36.2. The number of hydrogen-bond donors (Lipinski definition) is 2. The maximum absolute atomic E-state index is 11.8. The number of hydrogen-bond acceptors (Lipinski definition) is 4. The third-order valence-electron chi connectivity index (χ3n) is 3.15. The van der Waals surface area contributed by atoms with Crippen LogP contribution in [-0.2, 0) is 9.59 Å². The highest BCUT2D eigenvalue weighted by atomic mass is 35.5.